The van der Waals surface area contributed by atoms with E-state index in [1.54, 1.807) is 23.6 Å². The number of amides is 1. The number of hydrogen-bond donors (Lipinski definition) is 1. The van der Waals surface area contributed by atoms with Gasteiger partial charge in [0.05, 0.1) is 12.2 Å². The molecule has 0 bridgehead atoms. The van der Waals surface area contributed by atoms with Crippen LogP contribution in [0.25, 0.3) is 11.1 Å². The van der Waals surface area contributed by atoms with Gasteiger partial charge in [-0.2, -0.15) is 13.2 Å². The van der Waals surface area contributed by atoms with E-state index >= 15 is 0 Å². The standard InChI is InChI=1S/C20H18F6O2.C11H17NO.CH3NO/c1-4-28-16(27)6-5-12-18(22)13(9-14(19(12)23)20(24,25)26)17-11(3)7-10(2)8-15(17)21;1-9(2)8-10(3)12-7-5-4-6-11(12)13;2-1-3/h7-9H,4-6H2,1-3H3;4-7,9-10H,8H2,1-3H3;1H,(H2,2,3). The zero-order chi connectivity index (χ0) is 33.8. The number of primary amides is 1. The number of aromatic nitrogens is 1. The lowest BCUT2D eigenvalue weighted by atomic mass is 9.92. The average molecular weight is 629 g/mol. The topological polar surface area (TPSA) is 91.4 Å². The van der Waals surface area contributed by atoms with Crippen LogP contribution in [0.3, 0.4) is 0 Å². The second-order valence-corrected chi connectivity index (χ2v) is 10.4. The minimum atomic E-state index is -5.12. The van der Waals surface area contributed by atoms with E-state index in [4.69, 9.17) is 4.79 Å². The molecule has 3 aromatic rings. The monoisotopic (exact) mass is 628 g/mol. The van der Waals surface area contributed by atoms with Crippen molar-refractivity contribution in [2.24, 2.45) is 11.7 Å². The normalized spacial score (nSPS) is 11.6. The number of pyridine rings is 1. The van der Waals surface area contributed by atoms with Crippen LogP contribution >= 0.6 is 0 Å². The number of esters is 1. The van der Waals surface area contributed by atoms with E-state index in [1.807, 2.05) is 12.3 Å². The Labute approximate surface area is 252 Å². The molecule has 0 fully saturated rings. The zero-order valence-electron chi connectivity index (χ0n) is 25.5. The van der Waals surface area contributed by atoms with E-state index < -0.39 is 59.1 Å². The van der Waals surface area contributed by atoms with Crippen LogP contribution in [0.5, 0.6) is 0 Å². The molecule has 0 aliphatic heterocycles. The molecule has 3 rings (SSSR count). The van der Waals surface area contributed by atoms with Crippen LogP contribution in [-0.4, -0.2) is 23.6 Å². The second kappa shape index (κ2) is 17.3. The molecule has 0 saturated heterocycles. The number of rotatable bonds is 8. The molecule has 2 aromatic carbocycles. The molecular weight excluding hydrogens is 590 g/mol. The molecular formula is C32H38F6N2O4. The average Bonchev–Trinajstić information content (AvgIpc) is 2.89. The first-order valence-electron chi connectivity index (χ1n) is 13.8. The summed E-state index contributed by atoms with van der Waals surface area (Å²) in [6, 6.07) is 8.38. The summed E-state index contributed by atoms with van der Waals surface area (Å²) in [4.78, 5) is 31.5. The Bertz CT molecular complexity index is 1450. The molecule has 1 aromatic heterocycles. The van der Waals surface area contributed by atoms with Crippen LogP contribution in [0.4, 0.5) is 26.3 Å². The van der Waals surface area contributed by atoms with Crippen LogP contribution in [0.2, 0.25) is 0 Å². The summed E-state index contributed by atoms with van der Waals surface area (Å²) in [6.45, 7) is 11.0. The van der Waals surface area contributed by atoms with Crippen molar-refractivity contribution >= 4 is 12.4 Å². The maximum absolute atomic E-state index is 15.0. The van der Waals surface area contributed by atoms with Gasteiger partial charge in [0.25, 0.3) is 5.56 Å². The summed E-state index contributed by atoms with van der Waals surface area (Å²) in [6.07, 6.45) is -3.14. The first kappa shape index (κ1) is 37.9. The summed E-state index contributed by atoms with van der Waals surface area (Å²) in [5, 5.41) is 0. The summed E-state index contributed by atoms with van der Waals surface area (Å²) in [5.41, 5.74) is 1.22. The molecule has 12 heteroatoms. The fraction of sp³-hybridized carbons (Fsp3) is 0.406. The van der Waals surface area contributed by atoms with Crippen LogP contribution in [0.15, 0.2) is 47.4 Å². The molecule has 0 aliphatic carbocycles. The number of hydrogen-bond acceptors (Lipinski definition) is 4. The maximum Gasteiger partial charge on any atom is 0.419 e. The van der Waals surface area contributed by atoms with Crippen molar-refractivity contribution in [3.05, 3.63) is 92.7 Å². The minimum absolute atomic E-state index is 0.0193. The molecule has 1 unspecified atom stereocenters. The Balaban J connectivity index is 0.000000502. The van der Waals surface area contributed by atoms with Crippen LogP contribution in [-0.2, 0) is 26.9 Å². The Morgan fingerprint density at radius 1 is 1.05 bits per heavy atom. The van der Waals surface area contributed by atoms with Crippen molar-refractivity contribution < 1.29 is 40.7 Å². The molecule has 0 aliphatic rings. The highest BCUT2D eigenvalue weighted by Crippen LogP contribution is 2.40. The lowest BCUT2D eigenvalue weighted by Gasteiger charge is -2.18. The number of ether oxygens (including phenoxy) is 1. The summed E-state index contributed by atoms with van der Waals surface area (Å²) in [5.74, 6) is -4.25. The van der Waals surface area contributed by atoms with Gasteiger partial charge in [0.15, 0.2) is 0 Å². The summed E-state index contributed by atoms with van der Waals surface area (Å²) in [7, 11) is 0. The van der Waals surface area contributed by atoms with Gasteiger partial charge in [0.1, 0.15) is 17.5 Å². The number of aryl methyl sites for hydroxylation is 2. The first-order valence-corrected chi connectivity index (χ1v) is 13.8. The van der Waals surface area contributed by atoms with Gasteiger partial charge in [0, 0.05) is 41.4 Å². The van der Waals surface area contributed by atoms with E-state index in [2.05, 4.69) is 31.2 Å². The van der Waals surface area contributed by atoms with E-state index in [0.29, 0.717) is 17.5 Å². The molecule has 44 heavy (non-hydrogen) atoms. The van der Waals surface area contributed by atoms with Gasteiger partial charge in [-0.05, 0) is 75.8 Å². The Morgan fingerprint density at radius 3 is 2.16 bits per heavy atom. The SMILES string of the molecule is CC(C)CC(C)n1ccccc1=O.CCOC(=O)CCc1c(F)c(-c2c(C)cc(C)cc2F)cc(C(F)(F)F)c1F.NC=O. The number of alkyl halides is 3. The van der Waals surface area contributed by atoms with Crippen molar-refractivity contribution in [2.75, 3.05) is 6.61 Å². The first-order chi connectivity index (χ1) is 20.5. The quantitative estimate of drug-likeness (QED) is 0.159. The van der Waals surface area contributed by atoms with Crippen molar-refractivity contribution in [2.45, 2.75) is 73.0 Å². The number of nitrogens with two attached hydrogens (primary N) is 1. The lowest BCUT2D eigenvalue weighted by molar-refractivity contribution is -0.143. The minimum Gasteiger partial charge on any atom is -0.466 e. The van der Waals surface area contributed by atoms with Gasteiger partial charge in [-0.15, -0.1) is 0 Å². The third-order valence-corrected chi connectivity index (χ3v) is 6.32. The van der Waals surface area contributed by atoms with Crippen LogP contribution in [0, 0.1) is 37.2 Å². The maximum atomic E-state index is 15.0. The van der Waals surface area contributed by atoms with Gasteiger partial charge in [-0.3, -0.25) is 14.4 Å². The highest BCUT2D eigenvalue weighted by atomic mass is 19.4. The van der Waals surface area contributed by atoms with Gasteiger partial charge in [-0.25, -0.2) is 13.2 Å². The molecule has 6 nitrogen and oxygen atoms in total. The second-order valence-electron chi connectivity index (χ2n) is 10.4. The van der Waals surface area contributed by atoms with Crippen LogP contribution in [0.1, 0.15) is 68.8 Å². The zero-order valence-corrected chi connectivity index (χ0v) is 25.5. The fourth-order valence-corrected chi connectivity index (χ4v) is 4.62. The largest absolute Gasteiger partial charge is 0.466 e. The van der Waals surface area contributed by atoms with Crippen molar-refractivity contribution in [3.8, 4) is 11.1 Å². The highest BCUT2D eigenvalue weighted by Gasteiger charge is 2.37. The fourth-order valence-electron chi connectivity index (χ4n) is 4.62. The van der Waals surface area contributed by atoms with E-state index in [0.717, 1.165) is 12.5 Å². The van der Waals surface area contributed by atoms with Crippen molar-refractivity contribution in [1.82, 2.24) is 4.57 Å². The molecule has 1 heterocycles. The molecule has 1 amide bonds. The third-order valence-electron chi connectivity index (χ3n) is 6.32. The van der Waals surface area contributed by atoms with E-state index in [9.17, 15) is 35.9 Å². The van der Waals surface area contributed by atoms with E-state index in [1.165, 1.54) is 19.9 Å². The third kappa shape index (κ3) is 10.9. The van der Waals surface area contributed by atoms with Crippen molar-refractivity contribution in [3.63, 3.8) is 0 Å². The van der Waals surface area contributed by atoms with Crippen molar-refractivity contribution in [1.29, 1.82) is 0 Å². The Kier molecular flexibility index (Phi) is 14.9. The lowest BCUT2D eigenvalue weighted by Crippen LogP contribution is -2.22. The number of carbonyl (C=O) groups excluding carboxylic acids is 2. The predicted octanol–water partition coefficient (Wildman–Crippen LogP) is 7.46. The number of nitrogens with zero attached hydrogens (tertiary/aromatic N) is 1. The number of carbonyl (C=O) groups is 2. The smallest absolute Gasteiger partial charge is 0.419 e. The van der Waals surface area contributed by atoms with E-state index in [-0.39, 0.29) is 35.8 Å². The molecule has 0 radical (unpaired) electrons. The Morgan fingerprint density at radius 2 is 1.66 bits per heavy atom. The summed E-state index contributed by atoms with van der Waals surface area (Å²) >= 11 is 0. The van der Waals surface area contributed by atoms with Gasteiger partial charge >= 0.3 is 12.1 Å². The van der Waals surface area contributed by atoms with Gasteiger partial charge < -0.3 is 15.0 Å². The number of benzene rings is 2. The molecule has 2 N–H and O–H groups in total. The Hall–Kier alpha value is -4.09. The summed E-state index contributed by atoms with van der Waals surface area (Å²) < 4.78 is 90.1. The van der Waals surface area contributed by atoms with Crippen LogP contribution < -0.4 is 11.3 Å². The van der Waals surface area contributed by atoms with Gasteiger partial charge in [0.2, 0.25) is 6.41 Å². The molecule has 0 spiro atoms. The molecule has 0 saturated carbocycles. The number of halogens is 6. The molecule has 1 atom stereocenters. The predicted molar refractivity (Wildman–Crippen MR) is 156 cm³/mol. The molecule has 242 valence electrons. The van der Waals surface area contributed by atoms with Gasteiger partial charge in [-0.1, -0.05) is 26.0 Å². The highest BCUT2D eigenvalue weighted by molar-refractivity contribution is 5.72.